The van der Waals surface area contributed by atoms with Crippen LogP contribution in [0.1, 0.15) is 58.7 Å². The summed E-state index contributed by atoms with van der Waals surface area (Å²) in [6.45, 7) is 8.09. The summed E-state index contributed by atoms with van der Waals surface area (Å²) in [5.41, 5.74) is 0.244. The Kier molecular flexibility index (Phi) is 5.28. The van der Waals surface area contributed by atoms with Gasteiger partial charge in [0.2, 0.25) is 0 Å². The Hall–Kier alpha value is -1.30. The van der Waals surface area contributed by atoms with Crippen molar-refractivity contribution in [3.63, 3.8) is 0 Å². The highest BCUT2D eigenvalue weighted by molar-refractivity contribution is 7.17. The molecule has 1 aromatic rings. The SMILES string of the molecule is CCC(C)(OP=O)C(C)C1CC[C@H](n2cc3c(nc2=O)NC(C)C3)O1. The number of anilines is 1. The Morgan fingerprint density at radius 2 is 2.32 bits per heavy atom. The van der Waals surface area contributed by atoms with E-state index in [-0.39, 0.29) is 32.6 Å². The number of nitrogens with zero attached hydrogens (tertiary/aromatic N) is 2. The molecule has 0 saturated carbocycles. The van der Waals surface area contributed by atoms with Crippen molar-refractivity contribution >= 4 is 14.5 Å². The van der Waals surface area contributed by atoms with E-state index in [1.807, 2.05) is 20.0 Å². The summed E-state index contributed by atoms with van der Waals surface area (Å²) in [5, 5.41) is 3.21. The highest BCUT2D eigenvalue weighted by Gasteiger charge is 2.41. The molecule has 2 aliphatic rings. The second kappa shape index (κ2) is 7.14. The monoisotopic (exact) mass is 367 g/mol. The van der Waals surface area contributed by atoms with Crippen LogP contribution in [0.2, 0.25) is 0 Å². The third kappa shape index (κ3) is 3.50. The average Bonchev–Trinajstić information content (AvgIpc) is 3.19. The number of nitrogens with one attached hydrogen (secondary N) is 1. The van der Waals surface area contributed by atoms with Crippen molar-refractivity contribution in [3.05, 3.63) is 22.2 Å². The van der Waals surface area contributed by atoms with Gasteiger partial charge < -0.3 is 10.1 Å². The van der Waals surface area contributed by atoms with Crippen LogP contribution in [0, 0.1) is 5.92 Å². The Morgan fingerprint density at radius 3 is 3.00 bits per heavy atom. The lowest BCUT2D eigenvalue weighted by molar-refractivity contribution is -0.0775. The van der Waals surface area contributed by atoms with E-state index < -0.39 is 5.60 Å². The third-order valence-electron chi connectivity index (χ3n) is 5.75. The summed E-state index contributed by atoms with van der Waals surface area (Å²) >= 11 is 0. The molecule has 4 unspecified atom stereocenters. The average molecular weight is 367 g/mol. The number of fused-ring (bicyclic) bond motifs is 1. The molecule has 5 atom stereocenters. The number of ether oxygens (including phenoxy) is 1. The molecule has 7 nitrogen and oxygen atoms in total. The van der Waals surface area contributed by atoms with E-state index in [9.17, 15) is 9.36 Å². The van der Waals surface area contributed by atoms with Crippen LogP contribution in [0.15, 0.2) is 11.0 Å². The van der Waals surface area contributed by atoms with Crippen molar-refractivity contribution < 1.29 is 13.8 Å². The van der Waals surface area contributed by atoms with Crippen molar-refractivity contribution in [1.29, 1.82) is 0 Å². The molecule has 1 saturated heterocycles. The van der Waals surface area contributed by atoms with Crippen LogP contribution in [-0.2, 0) is 20.2 Å². The van der Waals surface area contributed by atoms with Crippen molar-refractivity contribution in [1.82, 2.24) is 9.55 Å². The standard InChI is InChI=1S/C17H26N3O4P/c1-5-17(4,24-25-22)11(3)13-6-7-14(23-13)20-9-12-8-10(2)18-15(12)19-16(20)21/h9-11,13-14H,5-8H2,1-4H3,(H,18,19,21)/t10?,11?,13?,14-,17?/m1/s1. The topological polar surface area (TPSA) is 82.5 Å². The van der Waals surface area contributed by atoms with Gasteiger partial charge >= 0.3 is 14.4 Å². The molecule has 0 bridgehead atoms. The fraction of sp³-hybridized carbons (Fsp3) is 0.765. The van der Waals surface area contributed by atoms with Crippen molar-refractivity contribution in [2.24, 2.45) is 5.92 Å². The second-order valence-electron chi connectivity index (χ2n) is 7.38. The van der Waals surface area contributed by atoms with Gasteiger partial charge in [0.1, 0.15) is 12.0 Å². The molecule has 1 fully saturated rings. The molecule has 0 spiro atoms. The molecule has 25 heavy (non-hydrogen) atoms. The van der Waals surface area contributed by atoms with Gasteiger partial charge in [-0.25, -0.2) is 9.36 Å². The summed E-state index contributed by atoms with van der Waals surface area (Å²) in [6, 6.07) is 0.295. The summed E-state index contributed by atoms with van der Waals surface area (Å²) in [6.07, 6.45) is 4.71. The van der Waals surface area contributed by atoms with Gasteiger partial charge in [0.15, 0.2) is 0 Å². The molecule has 0 aromatic carbocycles. The molecule has 2 aliphatic heterocycles. The molecule has 0 radical (unpaired) electrons. The molecule has 138 valence electrons. The zero-order valence-electron chi connectivity index (χ0n) is 15.2. The van der Waals surface area contributed by atoms with Crippen molar-refractivity contribution in [2.75, 3.05) is 5.32 Å². The maximum Gasteiger partial charge on any atom is 0.351 e. The van der Waals surface area contributed by atoms with E-state index >= 15 is 0 Å². The summed E-state index contributed by atoms with van der Waals surface area (Å²) in [7, 11) is -0.316. The fourth-order valence-corrected chi connectivity index (χ4v) is 4.24. The normalized spacial score (nSPS) is 29.2. The van der Waals surface area contributed by atoms with Gasteiger partial charge in [-0.05, 0) is 39.5 Å². The number of hydrogen-bond donors (Lipinski definition) is 1. The summed E-state index contributed by atoms with van der Waals surface area (Å²) < 4.78 is 24.2. The highest BCUT2D eigenvalue weighted by Crippen LogP contribution is 2.40. The first kappa shape index (κ1) is 18.5. The molecule has 3 rings (SSSR count). The first-order chi connectivity index (χ1) is 11.9. The van der Waals surface area contributed by atoms with Gasteiger partial charge in [0.05, 0.1) is 11.7 Å². The maximum absolute atomic E-state index is 12.4. The van der Waals surface area contributed by atoms with Gasteiger partial charge in [-0.3, -0.25) is 9.09 Å². The van der Waals surface area contributed by atoms with E-state index in [1.54, 1.807) is 4.57 Å². The zero-order valence-corrected chi connectivity index (χ0v) is 16.1. The minimum Gasteiger partial charge on any atom is -0.367 e. The van der Waals surface area contributed by atoms with E-state index in [0.29, 0.717) is 11.9 Å². The lowest BCUT2D eigenvalue weighted by atomic mass is 9.83. The van der Waals surface area contributed by atoms with Gasteiger partial charge in [-0.1, -0.05) is 13.8 Å². The molecular formula is C17H26N3O4P. The molecular weight excluding hydrogens is 341 g/mol. The molecule has 3 heterocycles. The van der Waals surface area contributed by atoms with Crippen LogP contribution in [0.5, 0.6) is 0 Å². The van der Waals surface area contributed by atoms with Crippen LogP contribution in [-0.4, -0.2) is 27.3 Å². The highest BCUT2D eigenvalue weighted by atomic mass is 31.1. The Labute approximate surface area is 149 Å². The van der Waals surface area contributed by atoms with E-state index in [2.05, 4.69) is 24.1 Å². The maximum atomic E-state index is 12.4. The minimum absolute atomic E-state index is 0.0473. The van der Waals surface area contributed by atoms with Crippen LogP contribution in [0.4, 0.5) is 5.82 Å². The Balaban J connectivity index is 1.76. The lowest BCUT2D eigenvalue weighted by Crippen LogP contribution is -2.40. The van der Waals surface area contributed by atoms with E-state index in [4.69, 9.17) is 9.26 Å². The number of rotatable bonds is 6. The Bertz CT molecular complexity index is 710. The fourth-order valence-electron chi connectivity index (χ4n) is 3.77. The first-order valence-corrected chi connectivity index (χ1v) is 9.66. The van der Waals surface area contributed by atoms with Crippen molar-refractivity contribution in [2.45, 2.75) is 77.4 Å². The predicted molar refractivity (Wildman–Crippen MR) is 95.0 cm³/mol. The first-order valence-electron chi connectivity index (χ1n) is 8.93. The predicted octanol–water partition coefficient (Wildman–Crippen LogP) is 3.31. The number of hydrogen-bond acceptors (Lipinski definition) is 6. The second-order valence-corrected chi connectivity index (χ2v) is 7.71. The number of aromatic nitrogens is 2. The molecule has 1 aromatic heterocycles. The van der Waals surface area contributed by atoms with Crippen LogP contribution in [0.3, 0.4) is 0 Å². The molecule has 0 aliphatic carbocycles. The lowest BCUT2D eigenvalue weighted by Gasteiger charge is -2.35. The Morgan fingerprint density at radius 1 is 1.56 bits per heavy atom. The largest absolute Gasteiger partial charge is 0.367 e. The molecule has 8 heteroatoms. The quantitative estimate of drug-likeness (QED) is 0.777. The third-order valence-corrected chi connectivity index (χ3v) is 6.24. The summed E-state index contributed by atoms with van der Waals surface area (Å²) in [5.74, 6) is 0.752. The minimum atomic E-state index is -0.524. The zero-order chi connectivity index (χ0) is 18.2. The van der Waals surface area contributed by atoms with E-state index in [0.717, 1.165) is 31.2 Å². The van der Waals surface area contributed by atoms with Crippen LogP contribution >= 0.6 is 8.69 Å². The smallest absolute Gasteiger partial charge is 0.351 e. The van der Waals surface area contributed by atoms with Gasteiger partial charge in [-0.15, -0.1) is 0 Å². The van der Waals surface area contributed by atoms with Gasteiger partial charge in [-0.2, -0.15) is 4.98 Å². The van der Waals surface area contributed by atoms with Crippen LogP contribution in [0.25, 0.3) is 0 Å². The summed E-state index contributed by atoms with van der Waals surface area (Å²) in [4.78, 5) is 16.5. The van der Waals surface area contributed by atoms with E-state index in [1.165, 1.54) is 0 Å². The molecule has 0 amide bonds. The van der Waals surface area contributed by atoms with Gasteiger partial charge in [0.25, 0.3) is 0 Å². The van der Waals surface area contributed by atoms with Crippen LogP contribution < -0.4 is 11.0 Å². The van der Waals surface area contributed by atoms with Crippen molar-refractivity contribution in [3.8, 4) is 0 Å². The molecule has 1 N–H and O–H groups in total. The van der Waals surface area contributed by atoms with Gasteiger partial charge in [0, 0.05) is 23.7 Å².